The van der Waals surface area contributed by atoms with Crippen LogP contribution in [0.15, 0.2) is 42.9 Å². The molecule has 7 heteroatoms. The van der Waals surface area contributed by atoms with Gasteiger partial charge in [-0.25, -0.2) is 9.97 Å². The summed E-state index contributed by atoms with van der Waals surface area (Å²) in [5, 5.41) is 4.34. The van der Waals surface area contributed by atoms with E-state index in [2.05, 4.69) is 31.3 Å². The van der Waals surface area contributed by atoms with Crippen LogP contribution in [0.2, 0.25) is 5.02 Å². The summed E-state index contributed by atoms with van der Waals surface area (Å²) in [6, 6.07) is 9.84. The van der Waals surface area contributed by atoms with Crippen LogP contribution in [0.5, 0.6) is 0 Å². The maximum absolute atomic E-state index is 14.0. The summed E-state index contributed by atoms with van der Waals surface area (Å²) in [6.07, 6.45) is 4.97. The van der Waals surface area contributed by atoms with Gasteiger partial charge in [0, 0.05) is 34.6 Å². The number of nitrogens with one attached hydrogen (secondary N) is 2. The number of aryl methyl sites for hydroxylation is 1. The predicted octanol–water partition coefficient (Wildman–Crippen LogP) is 4.66. The van der Waals surface area contributed by atoms with Crippen molar-refractivity contribution in [2.24, 2.45) is 0 Å². The molecule has 0 saturated heterocycles. The maximum Gasteiger partial charge on any atom is 0.223 e. The van der Waals surface area contributed by atoms with Gasteiger partial charge in [0.1, 0.15) is 11.5 Å². The van der Waals surface area contributed by atoms with Crippen LogP contribution >= 0.6 is 11.6 Å². The lowest BCUT2D eigenvalue weighted by Gasteiger charge is -2.08. The number of rotatable bonds is 3. The van der Waals surface area contributed by atoms with Crippen LogP contribution < -0.4 is 5.32 Å². The van der Waals surface area contributed by atoms with Gasteiger partial charge in [-0.15, -0.1) is 0 Å². The molecule has 0 spiro atoms. The van der Waals surface area contributed by atoms with Crippen LogP contribution in [0.4, 0.5) is 15.9 Å². The van der Waals surface area contributed by atoms with E-state index in [1.807, 2.05) is 19.1 Å². The number of aromatic amines is 1. The molecule has 25 heavy (non-hydrogen) atoms. The maximum atomic E-state index is 14.0. The van der Waals surface area contributed by atoms with Gasteiger partial charge in [0.2, 0.25) is 5.95 Å². The topological polar surface area (TPSA) is 66.5 Å². The second kappa shape index (κ2) is 6.14. The highest BCUT2D eigenvalue weighted by atomic mass is 35.5. The molecule has 0 aliphatic carbocycles. The zero-order chi connectivity index (χ0) is 17.4. The van der Waals surface area contributed by atoms with Gasteiger partial charge in [0.15, 0.2) is 0 Å². The molecule has 4 rings (SSSR count). The molecule has 4 aromatic rings. The summed E-state index contributed by atoms with van der Waals surface area (Å²) < 4.78 is 14.0. The van der Waals surface area contributed by atoms with E-state index < -0.39 is 5.95 Å². The monoisotopic (exact) mass is 352 g/mol. The Balaban J connectivity index is 1.76. The van der Waals surface area contributed by atoms with Gasteiger partial charge in [-0.2, -0.15) is 4.39 Å². The van der Waals surface area contributed by atoms with Crippen LogP contribution in [-0.4, -0.2) is 19.9 Å². The predicted molar refractivity (Wildman–Crippen MR) is 95.4 cm³/mol. The zero-order valence-corrected chi connectivity index (χ0v) is 13.9. The highest BCUT2D eigenvalue weighted by Crippen LogP contribution is 2.31. The van der Waals surface area contributed by atoms with E-state index in [0.29, 0.717) is 22.1 Å². The number of halogens is 2. The number of H-pyrrole nitrogens is 1. The summed E-state index contributed by atoms with van der Waals surface area (Å²) >= 11 is 6.03. The minimum Gasteiger partial charge on any atom is -0.346 e. The Labute approximate surface area is 147 Å². The van der Waals surface area contributed by atoms with Gasteiger partial charge in [0.25, 0.3) is 0 Å². The van der Waals surface area contributed by atoms with Crippen molar-refractivity contribution >= 4 is 34.1 Å². The van der Waals surface area contributed by atoms with E-state index in [-0.39, 0.29) is 0 Å². The van der Waals surface area contributed by atoms with Gasteiger partial charge < -0.3 is 10.3 Å². The van der Waals surface area contributed by atoms with Gasteiger partial charge in [-0.3, -0.25) is 4.98 Å². The Morgan fingerprint density at radius 2 is 2.08 bits per heavy atom. The first-order valence-corrected chi connectivity index (χ1v) is 7.89. The number of pyridine rings is 3. The fourth-order valence-corrected chi connectivity index (χ4v) is 2.71. The molecular weight excluding hydrogens is 341 g/mol. The fraction of sp³-hybridized carbons (Fsp3) is 0.0556. The van der Waals surface area contributed by atoms with Crippen molar-refractivity contribution in [2.75, 3.05) is 5.32 Å². The summed E-state index contributed by atoms with van der Waals surface area (Å²) in [6.45, 7) is 1.90. The minimum absolute atomic E-state index is 0.362. The number of aromatic nitrogens is 4. The molecule has 4 heterocycles. The van der Waals surface area contributed by atoms with Gasteiger partial charge in [-0.1, -0.05) is 11.6 Å². The van der Waals surface area contributed by atoms with Crippen molar-refractivity contribution in [3.8, 4) is 11.1 Å². The van der Waals surface area contributed by atoms with Crippen molar-refractivity contribution in [1.29, 1.82) is 0 Å². The number of anilines is 2. The second-order valence-electron chi connectivity index (χ2n) is 5.54. The molecule has 2 N–H and O–H groups in total. The second-order valence-corrected chi connectivity index (χ2v) is 5.97. The molecule has 0 unspecified atom stereocenters. The molecule has 0 fully saturated rings. The lowest BCUT2D eigenvalue weighted by atomic mass is 10.1. The molecule has 0 amide bonds. The Kier molecular flexibility index (Phi) is 3.82. The molecule has 0 atom stereocenters. The molecule has 1 radical (unpaired) electrons. The third-order valence-electron chi connectivity index (χ3n) is 3.71. The van der Waals surface area contributed by atoms with Gasteiger partial charge in [-0.05, 0) is 31.2 Å². The van der Waals surface area contributed by atoms with E-state index >= 15 is 0 Å². The standard InChI is InChI=1S/C18H12ClFN5/c1-10-2-3-13(8-21-10)24-17-5-11(4-16(20)25-17)15-9-23-18-14(15)6-12(19)7-22-18/h2-3,5-9H,1H3,(H,22,23)(H,24,25). The molecule has 5 nitrogen and oxygen atoms in total. The average Bonchev–Trinajstić information content (AvgIpc) is 2.99. The first-order chi connectivity index (χ1) is 12.1. The minimum atomic E-state index is -0.704. The summed E-state index contributed by atoms with van der Waals surface area (Å²) in [4.78, 5) is 15.3. The summed E-state index contributed by atoms with van der Waals surface area (Å²) in [7, 11) is 0. The molecular formula is C18H12ClFN5. The van der Waals surface area contributed by atoms with E-state index in [9.17, 15) is 4.39 Å². The first-order valence-electron chi connectivity index (χ1n) is 7.51. The molecule has 0 aromatic carbocycles. The Morgan fingerprint density at radius 1 is 1.20 bits per heavy atom. The third-order valence-corrected chi connectivity index (χ3v) is 3.92. The number of fused-ring (bicyclic) bond motifs is 1. The van der Waals surface area contributed by atoms with Crippen LogP contribution in [0.25, 0.3) is 22.2 Å². The Hall–Kier alpha value is -2.99. The third kappa shape index (κ3) is 3.16. The van der Waals surface area contributed by atoms with Crippen molar-refractivity contribution in [2.45, 2.75) is 6.92 Å². The number of hydrogen-bond donors (Lipinski definition) is 2. The van der Waals surface area contributed by atoms with Crippen LogP contribution in [0.1, 0.15) is 5.69 Å². The quantitative estimate of drug-likeness (QED) is 0.526. The Bertz CT molecular complexity index is 1060. The SMILES string of the molecule is Cc1ccc(Nc2cc(-c3c[nH]c4ncc(Cl)cc34)[c]c(F)n2)cn1. The molecule has 0 aliphatic heterocycles. The van der Waals surface area contributed by atoms with Crippen molar-refractivity contribution in [3.63, 3.8) is 0 Å². The molecule has 0 saturated carbocycles. The molecule has 123 valence electrons. The zero-order valence-electron chi connectivity index (χ0n) is 13.1. The molecule has 0 bridgehead atoms. The fourth-order valence-electron chi connectivity index (χ4n) is 2.55. The number of hydrogen-bond acceptors (Lipinski definition) is 4. The average molecular weight is 353 g/mol. The summed E-state index contributed by atoms with van der Waals surface area (Å²) in [5.41, 5.74) is 3.58. The normalized spacial score (nSPS) is 11.0. The lowest BCUT2D eigenvalue weighted by Crippen LogP contribution is -1.97. The lowest BCUT2D eigenvalue weighted by molar-refractivity contribution is 0.584. The van der Waals surface area contributed by atoms with Crippen molar-refractivity contribution in [3.05, 3.63) is 65.6 Å². The first kappa shape index (κ1) is 15.5. The Morgan fingerprint density at radius 3 is 2.88 bits per heavy atom. The number of nitrogens with zero attached hydrogens (tertiary/aromatic N) is 3. The van der Waals surface area contributed by atoms with E-state index in [1.165, 1.54) is 0 Å². The summed E-state index contributed by atoms with van der Waals surface area (Å²) in [5.74, 6) is -0.342. The molecule has 4 aromatic heterocycles. The van der Waals surface area contributed by atoms with E-state index in [4.69, 9.17) is 11.6 Å². The largest absolute Gasteiger partial charge is 0.346 e. The van der Waals surface area contributed by atoms with Crippen LogP contribution in [0, 0.1) is 18.9 Å². The van der Waals surface area contributed by atoms with E-state index in [0.717, 1.165) is 22.3 Å². The molecule has 0 aliphatic rings. The van der Waals surface area contributed by atoms with E-state index in [1.54, 1.807) is 30.7 Å². The van der Waals surface area contributed by atoms with Gasteiger partial charge >= 0.3 is 0 Å². The smallest absolute Gasteiger partial charge is 0.223 e. The highest BCUT2D eigenvalue weighted by Gasteiger charge is 2.11. The van der Waals surface area contributed by atoms with Crippen LogP contribution in [-0.2, 0) is 0 Å². The van der Waals surface area contributed by atoms with Crippen LogP contribution in [0.3, 0.4) is 0 Å². The van der Waals surface area contributed by atoms with Gasteiger partial charge in [0.05, 0.1) is 23.0 Å². The van der Waals surface area contributed by atoms with Crippen molar-refractivity contribution in [1.82, 2.24) is 19.9 Å². The highest BCUT2D eigenvalue weighted by molar-refractivity contribution is 6.31. The van der Waals surface area contributed by atoms with Crippen molar-refractivity contribution < 1.29 is 4.39 Å².